The summed E-state index contributed by atoms with van der Waals surface area (Å²) >= 11 is 0. The molecule has 2 aromatic carbocycles. The van der Waals surface area contributed by atoms with Crippen LogP contribution in [0.3, 0.4) is 0 Å². The van der Waals surface area contributed by atoms with Gasteiger partial charge in [-0.05, 0) is 47.9 Å². The summed E-state index contributed by atoms with van der Waals surface area (Å²) in [5, 5.41) is 0. The molecule has 5 rings (SSSR count). The Bertz CT molecular complexity index is 1130. The Morgan fingerprint density at radius 3 is 2.53 bits per heavy atom. The number of rotatable bonds is 5. The van der Waals surface area contributed by atoms with E-state index in [1.807, 2.05) is 12.1 Å². The molecule has 2 aliphatic carbocycles. The van der Waals surface area contributed by atoms with E-state index >= 15 is 0 Å². The third-order valence-electron chi connectivity index (χ3n) is 6.55. The van der Waals surface area contributed by atoms with E-state index in [0.29, 0.717) is 25.1 Å². The van der Waals surface area contributed by atoms with E-state index in [-0.39, 0.29) is 29.2 Å². The summed E-state index contributed by atoms with van der Waals surface area (Å²) in [7, 11) is -3.34. The molecule has 1 saturated heterocycles. The molecule has 2 saturated carbocycles. The van der Waals surface area contributed by atoms with Crippen molar-refractivity contribution in [2.75, 3.05) is 19.3 Å². The lowest BCUT2D eigenvalue weighted by Gasteiger charge is -2.21. The summed E-state index contributed by atoms with van der Waals surface area (Å²) in [6, 6.07) is 10.9. The Balaban J connectivity index is 1.35. The Hall–Kier alpha value is -2.32. The highest BCUT2D eigenvalue weighted by atomic mass is 32.2. The highest BCUT2D eigenvalue weighted by molar-refractivity contribution is 7.88. The number of hydrogen-bond acceptors (Lipinski definition) is 3. The van der Waals surface area contributed by atoms with E-state index in [4.69, 9.17) is 0 Å². The number of likely N-dealkylation sites (tertiary alicyclic amines) is 1. The zero-order valence-corrected chi connectivity index (χ0v) is 17.3. The first-order chi connectivity index (χ1) is 14.2. The molecular formula is C22H22F2N2O3S. The molecule has 0 bridgehead atoms. The van der Waals surface area contributed by atoms with Gasteiger partial charge in [-0.3, -0.25) is 4.79 Å². The van der Waals surface area contributed by atoms with Gasteiger partial charge < -0.3 is 4.90 Å². The van der Waals surface area contributed by atoms with Crippen molar-refractivity contribution in [1.29, 1.82) is 0 Å². The van der Waals surface area contributed by atoms with Crippen LogP contribution >= 0.6 is 0 Å². The number of halogens is 2. The molecule has 158 valence electrons. The quantitative estimate of drug-likeness (QED) is 0.790. The molecule has 1 aliphatic heterocycles. The standard InChI is InChI=1S/C22H22F2N2O3S/c1-30(28,29)25-22-10-13(22)11-26(12-22)21(27)17-9-16(17)14-5-2-3-6-15(14)20-18(23)7-4-8-19(20)24/h2-8,13,16-17,25H,9-12H2,1H3. The molecule has 1 heterocycles. The molecule has 8 heteroatoms. The second-order valence-corrected chi connectivity index (χ2v) is 10.5. The Morgan fingerprint density at radius 2 is 1.83 bits per heavy atom. The van der Waals surface area contributed by atoms with Gasteiger partial charge in [0.1, 0.15) is 11.6 Å². The van der Waals surface area contributed by atoms with Gasteiger partial charge in [0, 0.05) is 19.0 Å². The van der Waals surface area contributed by atoms with Crippen molar-refractivity contribution in [2.24, 2.45) is 11.8 Å². The van der Waals surface area contributed by atoms with Crippen molar-refractivity contribution in [1.82, 2.24) is 9.62 Å². The molecule has 0 spiro atoms. The number of nitrogens with zero attached hydrogens (tertiary/aromatic N) is 1. The maximum atomic E-state index is 14.4. The number of hydrogen-bond donors (Lipinski definition) is 1. The Kier molecular flexibility index (Phi) is 4.31. The Labute approximate surface area is 174 Å². The first-order valence-electron chi connectivity index (χ1n) is 9.99. The van der Waals surface area contributed by atoms with Crippen LogP contribution in [0.1, 0.15) is 24.3 Å². The molecule has 1 amide bonds. The number of piperidine rings is 1. The fourth-order valence-corrected chi connectivity index (χ4v) is 6.08. The SMILES string of the molecule is CS(=O)(=O)NC12CC1CN(C(=O)C1CC1c1ccccc1-c1c(F)cccc1F)C2. The molecule has 1 N–H and O–H groups in total. The van der Waals surface area contributed by atoms with E-state index in [9.17, 15) is 22.0 Å². The lowest BCUT2D eigenvalue weighted by molar-refractivity contribution is -0.132. The first-order valence-corrected chi connectivity index (χ1v) is 11.9. The van der Waals surface area contributed by atoms with Gasteiger partial charge in [-0.2, -0.15) is 0 Å². The van der Waals surface area contributed by atoms with Gasteiger partial charge in [-0.25, -0.2) is 21.9 Å². The highest BCUT2D eigenvalue weighted by Gasteiger charge is 2.63. The number of carbonyl (C=O) groups excluding carboxylic acids is 1. The minimum Gasteiger partial charge on any atom is -0.340 e. The number of carbonyl (C=O) groups is 1. The average molecular weight is 432 g/mol. The smallest absolute Gasteiger partial charge is 0.226 e. The maximum absolute atomic E-state index is 14.4. The number of sulfonamides is 1. The maximum Gasteiger partial charge on any atom is 0.226 e. The lowest BCUT2D eigenvalue weighted by Crippen LogP contribution is -2.43. The molecule has 2 aromatic rings. The van der Waals surface area contributed by atoms with E-state index in [1.165, 1.54) is 18.2 Å². The normalized spacial score (nSPS) is 29.6. The van der Waals surface area contributed by atoms with Crippen LogP contribution in [-0.2, 0) is 14.8 Å². The van der Waals surface area contributed by atoms with Gasteiger partial charge in [0.2, 0.25) is 15.9 Å². The largest absolute Gasteiger partial charge is 0.340 e. The van der Waals surface area contributed by atoms with Crippen LogP contribution in [0.2, 0.25) is 0 Å². The van der Waals surface area contributed by atoms with Gasteiger partial charge in [0.25, 0.3) is 0 Å². The summed E-state index contributed by atoms with van der Waals surface area (Å²) in [4.78, 5) is 14.8. The van der Waals surface area contributed by atoms with Crippen molar-refractivity contribution >= 4 is 15.9 Å². The van der Waals surface area contributed by atoms with Crippen molar-refractivity contribution < 1.29 is 22.0 Å². The van der Waals surface area contributed by atoms with Crippen molar-refractivity contribution in [2.45, 2.75) is 24.3 Å². The summed E-state index contributed by atoms with van der Waals surface area (Å²) in [5.74, 6) is -1.44. The zero-order valence-electron chi connectivity index (χ0n) is 16.4. The molecule has 0 aromatic heterocycles. The van der Waals surface area contributed by atoms with Crippen LogP contribution in [0.5, 0.6) is 0 Å². The molecule has 4 atom stereocenters. The Morgan fingerprint density at radius 1 is 1.13 bits per heavy atom. The molecule has 3 aliphatic rings. The summed E-state index contributed by atoms with van der Waals surface area (Å²) in [6.45, 7) is 0.935. The van der Waals surface area contributed by atoms with Crippen LogP contribution in [0, 0.1) is 23.5 Å². The monoisotopic (exact) mass is 432 g/mol. The predicted molar refractivity (Wildman–Crippen MR) is 108 cm³/mol. The minimum atomic E-state index is -3.34. The number of nitrogens with one attached hydrogen (secondary N) is 1. The molecule has 30 heavy (non-hydrogen) atoms. The van der Waals surface area contributed by atoms with Crippen LogP contribution in [0.25, 0.3) is 11.1 Å². The minimum absolute atomic E-state index is 0.00863. The third-order valence-corrected chi connectivity index (χ3v) is 7.32. The molecule has 0 radical (unpaired) electrons. The van der Waals surface area contributed by atoms with Crippen molar-refractivity contribution in [3.05, 3.63) is 59.7 Å². The number of fused-ring (bicyclic) bond motifs is 1. The second kappa shape index (κ2) is 6.59. The molecular weight excluding hydrogens is 410 g/mol. The lowest BCUT2D eigenvalue weighted by atomic mass is 9.95. The van der Waals surface area contributed by atoms with Gasteiger partial charge >= 0.3 is 0 Å². The van der Waals surface area contributed by atoms with Gasteiger partial charge in [-0.1, -0.05) is 30.3 Å². The van der Waals surface area contributed by atoms with E-state index in [2.05, 4.69) is 4.72 Å². The highest BCUT2D eigenvalue weighted by Crippen LogP contribution is 2.55. The zero-order chi connectivity index (χ0) is 21.3. The molecule has 5 nitrogen and oxygen atoms in total. The molecule has 4 unspecified atom stereocenters. The van der Waals surface area contributed by atoms with Gasteiger partial charge in [-0.15, -0.1) is 0 Å². The van der Waals surface area contributed by atoms with Gasteiger partial charge in [0.05, 0.1) is 17.4 Å². The van der Waals surface area contributed by atoms with Crippen LogP contribution < -0.4 is 4.72 Å². The fraction of sp³-hybridized carbons (Fsp3) is 0.409. The van der Waals surface area contributed by atoms with Gasteiger partial charge in [0.15, 0.2) is 0 Å². The third kappa shape index (κ3) is 3.32. The average Bonchev–Trinajstić information content (AvgIpc) is 3.56. The van der Waals surface area contributed by atoms with E-state index in [0.717, 1.165) is 18.2 Å². The second-order valence-electron chi connectivity index (χ2n) is 8.78. The predicted octanol–water partition coefficient (Wildman–Crippen LogP) is 2.89. The number of amides is 1. The van der Waals surface area contributed by atoms with Crippen molar-refractivity contribution in [3.63, 3.8) is 0 Å². The summed E-state index contributed by atoms with van der Waals surface area (Å²) < 4.78 is 54.7. The van der Waals surface area contributed by atoms with Crippen LogP contribution in [0.4, 0.5) is 8.78 Å². The van der Waals surface area contributed by atoms with Crippen LogP contribution in [0.15, 0.2) is 42.5 Å². The summed E-state index contributed by atoms with van der Waals surface area (Å²) in [5.41, 5.74) is 0.674. The summed E-state index contributed by atoms with van der Waals surface area (Å²) in [6.07, 6.45) is 2.52. The van der Waals surface area contributed by atoms with E-state index < -0.39 is 27.2 Å². The topological polar surface area (TPSA) is 66.5 Å². The van der Waals surface area contributed by atoms with E-state index in [1.54, 1.807) is 17.0 Å². The van der Waals surface area contributed by atoms with Crippen LogP contribution in [-0.4, -0.2) is 44.1 Å². The molecule has 3 fully saturated rings. The number of benzene rings is 2. The first kappa shape index (κ1) is 19.6. The fourth-order valence-electron chi connectivity index (χ4n) is 5.03. The van der Waals surface area contributed by atoms with Crippen molar-refractivity contribution in [3.8, 4) is 11.1 Å².